The first-order valence-corrected chi connectivity index (χ1v) is 13.7. The van der Waals surface area contributed by atoms with Crippen LogP contribution in [0.1, 0.15) is 31.2 Å². The molecule has 3 N–H and O–H groups in total. The standard InChI is InChI=1S/C26H36N6O2.C2HF3O2/c33-25(26(34)29-23-7-4-6-22(20-23)21-31-13-2-1-3-14-31)28-10-5-15-30-16-18-32(19-17-30)24-8-11-27-12-9-24;3-2(4,5)1(6)7/h4,6-9,11-12,20H,1-3,5,10,13-19,21H2,(H,28,33)(H,29,34);(H,6,7). The molecule has 10 nitrogen and oxygen atoms in total. The molecular weight excluding hydrogens is 541 g/mol. The van der Waals surface area contributed by atoms with Gasteiger partial charge in [-0.1, -0.05) is 18.6 Å². The summed E-state index contributed by atoms with van der Waals surface area (Å²) in [7, 11) is 0. The van der Waals surface area contributed by atoms with Gasteiger partial charge in [-0.2, -0.15) is 13.2 Å². The number of piperidine rings is 1. The van der Waals surface area contributed by atoms with Crippen molar-refractivity contribution in [3.05, 3.63) is 54.4 Å². The second-order valence-corrected chi connectivity index (χ2v) is 9.94. The first kappa shape index (κ1) is 31.8. The zero-order chi connectivity index (χ0) is 29.7. The minimum atomic E-state index is -5.08. The number of hydrogen-bond acceptors (Lipinski definition) is 7. The highest BCUT2D eigenvalue weighted by Gasteiger charge is 2.38. The molecular formula is C28H37F3N6O4. The summed E-state index contributed by atoms with van der Waals surface area (Å²) in [5, 5.41) is 12.6. The maximum Gasteiger partial charge on any atom is 0.490 e. The summed E-state index contributed by atoms with van der Waals surface area (Å²) in [4.78, 5) is 44.8. The van der Waals surface area contributed by atoms with Crippen LogP contribution in [0.15, 0.2) is 48.8 Å². The van der Waals surface area contributed by atoms with Crippen molar-refractivity contribution in [1.29, 1.82) is 0 Å². The Bertz CT molecular complexity index is 1120. The molecule has 2 fully saturated rings. The first-order chi connectivity index (χ1) is 19.6. The Morgan fingerprint density at radius 1 is 0.878 bits per heavy atom. The van der Waals surface area contributed by atoms with Crippen molar-refractivity contribution in [2.45, 2.75) is 38.4 Å². The Kier molecular flexibility index (Phi) is 12.3. The molecule has 0 aliphatic carbocycles. The summed E-state index contributed by atoms with van der Waals surface area (Å²) in [5.74, 6) is -3.95. The summed E-state index contributed by atoms with van der Waals surface area (Å²) in [6.07, 6.45) is 3.20. The van der Waals surface area contributed by atoms with E-state index in [4.69, 9.17) is 9.90 Å². The number of aliphatic carboxylic acids is 1. The van der Waals surface area contributed by atoms with Crippen LogP contribution in [0.5, 0.6) is 0 Å². The highest BCUT2D eigenvalue weighted by Crippen LogP contribution is 2.17. The van der Waals surface area contributed by atoms with Crippen molar-refractivity contribution in [2.75, 3.05) is 62.6 Å². The molecule has 13 heteroatoms. The number of pyridine rings is 1. The highest BCUT2D eigenvalue weighted by atomic mass is 19.4. The van der Waals surface area contributed by atoms with Gasteiger partial charge in [-0.05, 0) is 68.7 Å². The normalized spacial score (nSPS) is 16.3. The number of halogens is 3. The molecule has 0 spiro atoms. The lowest BCUT2D eigenvalue weighted by Crippen LogP contribution is -2.47. The van der Waals surface area contributed by atoms with E-state index in [-0.39, 0.29) is 0 Å². The van der Waals surface area contributed by atoms with Crippen LogP contribution < -0.4 is 15.5 Å². The third-order valence-corrected chi connectivity index (χ3v) is 6.83. The molecule has 3 heterocycles. The van der Waals surface area contributed by atoms with Gasteiger partial charge in [0.05, 0.1) is 0 Å². The lowest BCUT2D eigenvalue weighted by molar-refractivity contribution is -0.192. The summed E-state index contributed by atoms with van der Waals surface area (Å²) < 4.78 is 31.7. The maximum atomic E-state index is 12.3. The van der Waals surface area contributed by atoms with E-state index < -0.39 is 24.0 Å². The number of amides is 2. The molecule has 0 atom stereocenters. The minimum Gasteiger partial charge on any atom is -0.475 e. The second-order valence-electron chi connectivity index (χ2n) is 9.94. The highest BCUT2D eigenvalue weighted by molar-refractivity contribution is 6.39. The van der Waals surface area contributed by atoms with Crippen LogP contribution in [0, 0.1) is 0 Å². The van der Waals surface area contributed by atoms with Gasteiger partial charge < -0.3 is 20.6 Å². The topological polar surface area (TPSA) is 118 Å². The lowest BCUT2D eigenvalue weighted by atomic mass is 10.1. The average Bonchev–Trinajstić information content (AvgIpc) is 2.96. The Hall–Kier alpha value is -3.71. The fraction of sp³-hybridized carbons (Fsp3) is 0.500. The van der Waals surface area contributed by atoms with E-state index in [1.54, 1.807) is 0 Å². The molecule has 2 aliphatic heterocycles. The van der Waals surface area contributed by atoms with E-state index in [2.05, 4.69) is 36.4 Å². The van der Waals surface area contributed by atoms with Crippen LogP contribution in [-0.4, -0.2) is 96.2 Å². The van der Waals surface area contributed by atoms with E-state index in [1.807, 2.05) is 42.7 Å². The van der Waals surface area contributed by atoms with Crippen molar-refractivity contribution in [1.82, 2.24) is 20.1 Å². The number of aromatic nitrogens is 1. The van der Waals surface area contributed by atoms with Gasteiger partial charge in [-0.25, -0.2) is 4.79 Å². The van der Waals surface area contributed by atoms with Crippen molar-refractivity contribution in [3.8, 4) is 0 Å². The number of carbonyl (C=O) groups is 3. The van der Waals surface area contributed by atoms with Crippen LogP contribution in [0.2, 0.25) is 0 Å². The van der Waals surface area contributed by atoms with Gasteiger partial charge in [0, 0.05) is 63.0 Å². The number of nitrogens with one attached hydrogen (secondary N) is 2. The predicted octanol–water partition coefficient (Wildman–Crippen LogP) is 2.97. The fourth-order valence-corrected chi connectivity index (χ4v) is 4.68. The Balaban J connectivity index is 0.000000587. The molecule has 2 aliphatic rings. The van der Waals surface area contributed by atoms with Gasteiger partial charge in [-0.15, -0.1) is 0 Å². The zero-order valence-corrected chi connectivity index (χ0v) is 22.9. The smallest absolute Gasteiger partial charge is 0.475 e. The Labute approximate surface area is 237 Å². The number of benzene rings is 1. The number of rotatable bonds is 8. The largest absolute Gasteiger partial charge is 0.490 e. The number of carboxylic acid groups (broad SMARTS) is 1. The molecule has 224 valence electrons. The SMILES string of the molecule is O=C(NCCCN1CCN(c2ccncc2)CC1)C(=O)Nc1cccc(CN2CCCCC2)c1.O=C(O)C(F)(F)F. The van der Waals surface area contributed by atoms with E-state index in [9.17, 15) is 22.8 Å². The average molecular weight is 579 g/mol. The van der Waals surface area contributed by atoms with Gasteiger partial charge in [0.2, 0.25) is 0 Å². The van der Waals surface area contributed by atoms with E-state index in [1.165, 1.54) is 24.9 Å². The number of alkyl halides is 3. The molecule has 1 aromatic heterocycles. The van der Waals surface area contributed by atoms with Crippen molar-refractivity contribution in [2.24, 2.45) is 0 Å². The molecule has 2 saturated heterocycles. The quantitative estimate of drug-likeness (QED) is 0.323. The molecule has 41 heavy (non-hydrogen) atoms. The number of anilines is 2. The summed E-state index contributed by atoms with van der Waals surface area (Å²) in [5.41, 5.74) is 3.04. The number of hydrogen-bond donors (Lipinski definition) is 3. The number of carboxylic acids is 1. The molecule has 0 saturated carbocycles. The minimum absolute atomic E-state index is 0.492. The number of piperazine rings is 1. The molecule has 2 amide bonds. The molecule has 2 aromatic rings. The van der Waals surface area contributed by atoms with Gasteiger partial charge in [0.25, 0.3) is 0 Å². The van der Waals surface area contributed by atoms with Crippen molar-refractivity contribution >= 4 is 29.2 Å². The first-order valence-electron chi connectivity index (χ1n) is 13.7. The molecule has 4 rings (SSSR count). The Morgan fingerprint density at radius 2 is 1.54 bits per heavy atom. The molecule has 0 bridgehead atoms. The monoisotopic (exact) mass is 578 g/mol. The van der Waals surface area contributed by atoms with Crippen LogP contribution in [0.3, 0.4) is 0 Å². The van der Waals surface area contributed by atoms with E-state index >= 15 is 0 Å². The van der Waals surface area contributed by atoms with E-state index in [0.717, 1.165) is 64.3 Å². The van der Waals surface area contributed by atoms with Crippen LogP contribution in [0.25, 0.3) is 0 Å². The van der Waals surface area contributed by atoms with Gasteiger partial charge in [0.15, 0.2) is 0 Å². The summed E-state index contributed by atoms with van der Waals surface area (Å²) >= 11 is 0. The zero-order valence-electron chi connectivity index (χ0n) is 22.9. The molecule has 0 unspecified atom stereocenters. The van der Waals surface area contributed by atoms with Crippen molar-refractivity contribution < 1.29 is 32.7 Å². The van der Waals surface area contributed by atoms with Crippen LogP contribution in [0.4, 0.5) is 24.5 Å². The number of nitrogens with zero attached hydrogens (tertiary/aromatic N) is 4. The number of likely N-dealkylation sites (tertiary alicyclic amines) is 1. The summed E-state index contributed by atoms with van der Waals surface area (Å²) in [6, 6.07) is 11.9. The fourth-order valence-electron chi connectivity index (χ4n) is 4.68. The Morgan fingerprint density at radius 3 is 2.17 bits per heavy atom. The van der Waals surface area contributed by atoms with Crippen molar-refractivity contribution in [3.63, 3.8) is 0 Å². The lowest BCUT2D eigenvalue weighted by Gasteiger charge is -2.36. The third kappa shape index (κ3) is 11.4. The van der Waals surface area contributed by atoms with E-state index in [0.29, 0.717) is 12.2 Å². The maximum absolute atomic E-state index is 12.3. The van der Waals surface area contributed by atoms with Crippen LogP contribution >= 0.6 is 0 Å². The number of carbonyl (C=O) groups excluding carboxylic acids is 2. The van der Waals surface area contributed by atoms with Crippen LogP contribution in [-0.2, 0) is 20.9 Å². The van der Waals surface area contributed by atoms with Gasteiger partial charge >= 0.3 is 24.0 Å². The molecule has 1 aromatic carbocycles. The third-order valence-electron chi connectivity index (χ3n) is 6.83. The predicted molar refractivity (Wildman–Crippen MR) is 148 cm³/mol. The van der Waals surface area contributed by atoms with Gasteiger partial charge in [-0.3, -0.25) is 24.4 Å². The summed E-state index contributed by atoms with van der Waals surface area (Å²) in [6.45, 7) is 8.47. The molecule has 0 radical (unpaired) electrons. The van der Waals surface area contributed by atoms with Gasteiger partial charge in [0.1, 0.15) is 0 Å². The second kappa shape index (κ2) is 15.9.